The molecule has 0 bridgehead atoms. The van der Waals surface area contributed by atoms with E-state index in [2.05, 4.69) is 10.3 Å². The van der Waals surface area contributed by atoms with Gasteiger partial charge in [0, 0.05) is 24.3 Å². The first-order chi connectivity index (χ1) is 15.9. The van der Waals surface area contributed by atoms with Crippen LogP contribution in [0.15, 0.2) is 59.8 Å². The standard InChI is InChI=1S/C21H18F3N5O4S/c1-34(32,33)14-6-7-17(26-10-14)27-19(30)15-8-9-28-16(25)11-29(20(31)18(15)28)13-4-2-12(3-5-13)21(22,23)24/h2-10,16H,11,25H2,1H3,(H,26,27,30)/t16-/m1/s1. The molecule has 0 aliphatic carbocycles. The lowest BCUT2D eigenvalue weighted by Crippen LogP contribution is -2.46. The molecule has 0 spiro atoms. The van der Waals surface area contributed by atoms with Gasteiger partial charge in [-0.2, -0.15) is 13.2 Å². The molecule has 3 heterocycles. The van der Waals surface area contributed by atoms with Crippen molar-refractivity contribution in [2.24, 2.45) is 5.73 Å². The quantitative estimate of drug-likeness (QED) is 0.575. The Morgan fingerprint density at radius 3 is 2.38 bits per heavy atom. The number of fused-ring (bicyclic) bond motifs is 1. The molecule has 2 aromatic heterocycles. The molecule has 2 amide bonds. The third-order valence-corrected chi connectivity index (χ3v) is 6.34. The van der Waals surface area contributed by atoms with Gasteiger partial charge in [-0.25, -0.2) is 13.4 Å². The Morgan fingerprint density at radius 2 is 1.82 bits per heavy atom. The lowest BCUT2D eigenvalue weighted by Gasteiger charge is -2.33. The third-order valence-electron chi connectivity index (χ3n) is 5.25. The normalized spacial score (nSPS) is 16.3. The molecule has 4 rings (SSSR count). The SMILES string of the molecule is CS(=O)(=O)c1ccc(NC(=O)c2ccn3c2C(=O)N(c2ccc(C(F)(F)F)cc2)C[C@@H]3N)nc1. The lowest BCUT2D eigenvalue weighted by molar-refractivity contribution is -0.137. The molecule has 1 aliphatic heterocycles. The minimum atomic E-state index is -4.52. The molecule has 0 radical (unpaired) electrons. The second-order valence-electron chi connectivity index (χ2n) is 7.62. The van der Waals surface area contributed by atoms with Gasteiger partial charge in [0.05, 0.1) is 28.7 Å². The number of nitrogens with two attached hydrogens (primary N) is 1. The van der Waals surface area contributed by atoms with Gasteiger partial charge in [0.25, 0.3) is 11.8 Å². The van der Waals surface area contributed by atoms with E-state index < -0.39 is 39.6 Å². The summed E-state index contributed by atoms with van der Waals surface area (Å²) in [7, 11) is -3.47. The zero-order valence-electron chi connectivity index (χ0n) is 17.6. The Bertz CT molecular complexity index is 1370. The van der Waals surface area contributed by atoms with Crippen molar-refractivity contribution in [2.45, 2.75) is 17.2 Å². The average molecular weight is 493 g/mol. The van der Waals surface area contributed by atoms with Crippen LogP contribution in [0.5, 0.6) is 0 Å². The second-order valence-corrected chi connectivity index (χ2v) is 9.63. The first-order valence-corrected chi connectivity index (χ1v) is 11.7. The zero-order chi connectivity index (χ0) is 24.8. The molecule has 1 aromatic carbocycles. The van der Waals surface area contributed by atoms with Gasteiger partial charge in [0.15, 0.2) is 9.84 Å². The first-order valence-electron chi connectivity index (χ1n) is 9.79. The Balaban J connectivity index is 1.61. The molecular formula is C21H18F3N5O4S. The molecule has 9 nitrogen and oxygen atoms in total. The molecule has 0 saturated heterocycles. The Kier molecular flexibility index (Phi) is 5.69. The van der Waals surface area contributed by atoms with Gasteiger partial charge >= 0.3 is 6.18 Å². The fraction of sp³-hybridized carbons (Fsp3) is 0.190. The van der Waals surface area contributed by atoms with Crippen LogP contribution in [0.2, 0.25) is 0 Å². The molecule has 3 aromatic rings. The minimum Gasteiger partial charge on any atom is -0.325 e. The van der Waals surface area contributed by atoms with Crippen LogP contribution in [0.4, 0.5) is 24.7 Å². The number of carbonyl (C=O) groups excluding carboxylic acids is 2. The highest BCUT2D eigenvalue weighted by molar-refractivity contribution is 7.90. The Hall–Kier alpha value is -3.71. The summed E-state index contributed by atoms with van der Waals surface area (Å²) < 4.78 is 63.1. The van der Waals surface area contributed by atoms with Crippen molar-refractivity contribution in [2.75, 3.05) is 23.0 Å². The number of anilines is 2. The monoisotopic (exact) mass is 493 g/mol. The maximum absolute atomic E-state index is 13.2. The van der Waals surface area contributed by atoms with E-state index in [9.17, 15) is 31.2 Å². The summed E-state index contributed by atoms with van der Waals surface area (Å²) in [5, 5.41) is 2.49. The second kappa shape index (κ2) is 8.25. The summed E-state index contributed by atoms with van der Waals surface area (Å²) in [5.74, 6) is -1.25. The van der Waals surface area contributed by atoms with E-state index in [1.165, 1.54) is 46.0 Å². The summed E-state index contributed by atoms with van der Waals surface area (Å²) in [6, 6.07) is 8.03. The van der Waals surface area contributed by atoms with Crippen molar-refractivity contribution >= 4 is 33.2 Å². The Labute approximate surface area is 191 Å². The van der Waals surface area contributed by atoms with Crippen molar-refractivity contribution in [1.82, 2.24) is 9.55 Å². The van der Waals surface area contributed by atoms with Gasteiger partial charge in [0.1, 0.15) is 11.5 Å². The Morgan fingerprint density at radius 1 is 1.15 bits per heavy atom. The van der Waals surface area contributed by atoms with E-state index in [1.807, 2.05) is 0 Å². The maximum atomic E-state index is 13.2. The summed E-state index contributed by atoms with van der Waals surface area (Å²) in [5.41, 5.74) is 5.43. The van der Waals surface area contributed by atoms with Crippen LogP contribution in [0, 0.1) is 0 Å². The number of nitrogens with one attached hydrogen (secondary N) is 1. The van der Waals surface area contributed by atoms with Gasteiger partial charge in [0.2, 0.25) is 0 Å². The van der Waals surface area contributed by atoms with E-state index in [4.69, 9.17) is 5.73 Å². The number of rotatable bonds is 4. The largest absolute Gasteiger partial charge is 0.416 e. The molecule has 0 saturated carbocycles. The van der Waals surface area contributed by atoms with Gasteiger partial charge in [-0.3, -0.25) is 9.59 Å². The van der Waals surface area contributed by atoms with Crippen LogP contribution in [-0.4, -0.2) is 42.6 Å². The van der Waals surface area contributed by atoms with Gasteiger partial charge in [-0.15, -0.1) is 0 Å². The third kappa shape index (κ3) is 4.39. The smallest absolute Gasteiger partial charge is 0.325 e. The van der Waals surface area contributed by atoms with Crippen LogP contribution >= 0.6 is 0 Å². The number of alkyl halides is 3. The number of hydrogen-bond donors (Lipinski definition) is 2. The number of amides is 2. The number of carbonyl (C=O) groups is 2. The molecule has 0 fully saturated rings. The highest BCUT2D eigenvalue weighted by atomic mass is 32.2. The fourth-order valence-corrected chi connectivity index (χ4v) is 4.09. The number of hydrogen-bond acceptors (Lipinski definition) is 6. The van der Waals surface area contributed by atoms with Crippen molar-refractivity contribution in [3.8, 4) is 0 Å². The van der Waals surface area contributed by atoms with E-state index in [-0.39, 0.29) is 34.2 Å². The molecule has 1 aliphatic rings. The van der Waals surface area contributed by atoms with E-state index >= 15 is 0 Å². The topological polar surface area (TPSA) is 127 Å². The van der Waals surface area contributed by atoms with Crippen LogP contribution in [0.1, 0.15) is 32.6 Å². The molecule has 178 valence electrons. The molecule has 13 heteroatoms. The summed E-state index contributed by atoms with van der Waals surface area (Å²) in [6.45, 7) is -0.0125. The average Bonchev–Trinajstić information content (AvgIpc) is 3.22. The van der Waals surface area contributed by atoms with Crippen LogP contribution < -0.4 is 16.0 Å². The molecule has 0 unspecified atom stereocenters. The van der Waals surface area contributed by atoms with Gasteiger partial charge < -0.3 is 20.5 Å². The predicted molar refractivity (Wildman–Crippen MR) is 116 cm³/mol. The van der Waals surface area contributed by atoms with Crippen molar-refractivity contribution in [3.63, 3.8) is 0 Å². The van der Waals surface area contributed by atoms with Crippen molar-refractivity contribution in [1.29, 1.82) is 0 Å². The molecular weight excluding hydrogens is 475 g/mol. The predicted octanol–water partition coefficient (Wildman–Crippen LogP) is 2.68. The van der Waals surface area contributed by atoms with Gasteiger partial charge in [-0.1, -0.05) is 0 Å². The van der Waals surface area contributed by atoms with Crippen LogP contribution in [-0.2, 0) is 16.0 Å². The van der Waals surface area contributed by atoms with Crippen LogP contribution in [0.3, 0.4) is 0 Å². The van der Waals surface area contributed by atoms with E-state index in [0.29, 0.717) is 0 Å². The van der Waals surface area contributed by atoms with Gasteiger partial charge in [-0.05, 0) is 42.5 Å². The maximum Gasteiger partial charge on any atom is 0.416 e. The lowest BCUT2D eigenvalue weighted by atomic mass is 10.1. The minimum absolute atomic E-state index is 0.0125. The van der Waals surface area contributed by atoms with Crippen molar-refractivity contribution < 1.29 is 31.2 Å². The number of nitrogens with zero attached hydrogens (tertiary/aromatic N) is 3. The van der Waals surface area contributed by atoms with E-state index in [1.54, 1.807) is 0 Å². The highest BCUT2D eigenvalue weighted by Crippen LogP contribution is 2.32. The first kappa shape index (κ1) is 23.4. The highest BCUT2D eigenvalue weighted by Gasteiger charge is 2.35. The summed E-state index contributed by atoms with van der Waals surface area (Å²) >= 11 is 0. The number of pyridine rings is 1. The number of halogens is 3. The number of sulfone groups is 1. The fourth-order valence-electron chi connectivity index (χ4n) is 3.53. The molecule has 3 N–H and O–H groups in total. The molecule has 1 atom stereocenters. The molecule has 34 heavy (non-hydrogen) atoms. The van der Waals surface area contributed by atoms with Crippen molar-refractivity contribution in [3.05, 3.63) is 71.7 Å². The van der Waals surface area contributed by atoms with Crippen LogP contribution in [0.25, 0.3) is 0 Å². The zero-order valence-corrected chi connectivity index (χ0v) is 18.4. The summed E-state index contributed by atoms with van der Waals surface area (Å²) in [6.07, 6.45) is -1.69. The van der Waals surface area contributed by atoms with E-state index in [0.717, 1.165) is 24.6 Å². The summed E-state index contributed by atoms with van der Waals surface area (Å²) in [4.78, 5) is 31.1. The number of aromatic nitrogens is 2. The number of benzene rings is 1.